The van der Waals surface area contributed by atoms with Gasteiger partial charge in [0.2, 0.25) is 0 Å². The lowest BCUT2D eigenvalue weighted by Gasteiger charge is -2.20. The molecular formula is C17H21N3O2. The fourth-order valence-electron chi connectivity index (χ4n) is 3.84. The van der Waals surface area contributed by atoms with E-state index in [9.17, 15) is 4.79 Å². The molecule has 2 aromatic rings. The minimum Gasteiger partial charge on any atom is -0.466 e. The van der Waals surface area contributed by atoms with Crippen LogP contribution in [0.2, 0.25) is 0 Å². The van der Waals surface area contributed by atoms with Crippen molar-refractivity contribution in [1.29, 1.82) is 0 Å². The van der Waals surface area contributed by atoms with Crippen LogP contribution in [0.15, 0.2) is 10.5 Å². The van der Waals surface area contributed by atoms with E-state index >= 15 is 0 Å². The first-order valence-corrected chi connectivity index (χ1v) is 8.15. The fourth-order valence-corrected chi connectivity index (χ4v) is 3.84. The zero-order valence-corrected chi connectivity index (χ0v) is 12.9. The Labute approximate surface area is 129 Å². The number of aromatic nitrogens is 2. The van der Waals surface area contributed by atoms with E-state index in [1.165, 1.54) is 4.68 Å². The maximum absolute atomic E-state index is 13.0. The monoisotopic (exact) mass is 299 g/mol. The van der Waals surface area contributed by atoms with Gasteiger partial charge < -0.3 is 10.2 Å². The lowest BCUT2D eigenvalue weighted by atomic mass is 9.86. The van der Waals surface area contributed by atoms with Gasteiger partial charge in [0.25, 0.3) is 5.91 Å². The van der Waals surface area contributed by atoms with Crippen molar-refractivity contribution in [2.45, 2.75) is 57.8 Å². The number of fused-ring (bicyclic) bond motifs is 2. The fraction of sp³-hybridized carbons (Fsp3) is 0.529. The predicted molar refractivity (Wildman–Crippen MR) is 83.0 cm³/mol. The molecule has 0 fully saturated rings. The number of nitrogens with two attached hydrogens (primary N) is 1. The summed E-state index contributed by atoms with van der Waals surface area (Å²) in [6, 6.07) is 2.00. The van der Waals surface area contributed by atoms with Gasteiger partial charge >= 0.3 is 0 Å². The molecule has 0 saturated carbocycles. The van der Waals surface area contributed by atoms with Crippen LogP contribution < -0.4 is 5.73 Å². The van der Waals surface area contributed by atoms with Gasteiger partial charge in [-0.3, -0.25) is 4.79 Å². The quantitative estimate of drug-likeness (QED) is 0.878. The van der Waals surface area contributed by atoms with E-state index in [1.807, 2.05) is 13.0 Å². The van der Waals surface area contributed by atoms with Crippen molar-refractivity contribution in [3.63, 3.8) is 0 Å². The number of carbonyl (C=O) groups excluding carboxylic acids is 1. The molecule has 4 rings (SSSR count). The number of anilines is 1. The SMILES string of the molecule is Cc1cc2c(o1)CCCC2C(=O)n1nc2c(c1N)CCCC2. The van der Waals surface area contributed by atoms with Crippen LogP contribution in [0.4, 0.5) is 5.82 Å². The summed E-state index contributed by atoms with van der Waals surface area (Å²) in [5, 5.41) is 4.52. The van der Waals surface area contributed by atoms with Crippen molar-refractivity contribution >= 4 is 11.7 Å². The summed E-state index contributed by atoms with van der Waals surface area (Å²) in [7, 11) is 0. The van der Waals surface area contributed by atoms with Crippen LogP contribution >= 0.6 is 0 Å². The van der Waals surface area contributed by atoms with Gasteiger partial charge in [0, 0.05) is 17.5 Å². The second kappa shape index (κ2) is 5.00. The van der Waals surface area contributed by atoms with Crippen molar-refractivity contribution in [2.24, 2.45) is 0 Å². The molecule has 1 atom stereocenters. The van der Waals surface area contributed by atoms with E-state index in [0.717, 1.165) is 73.3 Å². The summed E-state index contributed by atoms with van der Waals surface area (Å²) < 4.78 is 7.18. The van der Waals surface area contributed by atoms with Gasteiger partial charge in [0.15, 0.2) is 0 Å². The summed E-state index contributed by atoms with van der Waals surface area (Å²) in [6.07, 6.45) is 6.86. The second-order valence-electron chi connectivity index (χ2n) is 6.45. The van der Waals surface area contributed by atoms with E-state index < -0.39 is 0 Å². The molecule has 2 N–H and O–H groups in total. The molecular weight excluding hydrogens is 278 g/mol. The van der Waals surface area contributed by atoms with Crippen molar-refractivity contribution in [3.8, 4) is 0 Å². The van der Waals surface area contributed by atoms with Crippen LogP contribution in [0.5, 0.6) is 0 Å². The molecule has 2 heterocycles. The van der Waals surface area contributed by atoms with Gasteiger partial charge in [0.05, 0.1) is 11.6 Å². The molecule has 0 saturated heterocycles. The van der Waals surface area contributed by atoms with E-state index in [2.05, 4.69) is 5.10 Å². The van der Waals surface area contributed by atoms with E-state index in [4.69, 9.17) is 10.2 Å². The standard InChI is InChI=1S/C17H21N3O2/c1-10-9-13-11(6-4-8-15(13)22-10)17(21)20-16(18)12-5-2-3-7-14(12)19-20/h9,11H,2-8,18H2,1H3. The van der Waals surface area contributed by atoms with E-state index in [-0.39, 0.29) is 11.8 Å². The van der Waals surface area contributed by atoms with Crippen molar-refractivity contribution in [3.05, 3.63) is 34.4 Å². The highest BCUT2D eigenvalue weighted by Gasteiger charge is 2.33. The summed E-state index contributed by atoms with van der Waals surface area (Å²) in [5.74, 6) is 2.19. The highest BCUT2D eigenvalue weighted by Crippen LogP contribution is 2.36. The van der Waals surface area contributed by atoms with Crippen LogP contribution in [-0.2, 0) is 19.3 Å². The Kier molecular flexibility index (Phi) is 3.10. The molecule has 1 unspecified atom stereocenters. The summed E-state index contributed by atoms with van der Waals surface area (Å²) in [5.41, 5.74) is 9.34. The van der Waals surface area contributed by atoms with Gasteiger partial charge in [-0.25, -0.2) is 0 Å². The molecule has 0 aromatic carbocycles. The highest BCUT2D eigenvalue weighted by molar-refractivity contribution is 5.88. The first-order chi connectivity index (χ1) is 10.6. The van der Waals surface area contributed by atoms with Crippen LogP contribution in [0.3, 0.4) is 0 Å². The van der Waals surface area contributed by atoms with E-state index in [1.54, 1.807) is 0 Å². The van der Waals surface area contributed by atoms with Gasteiger partial charge in [-0.2, -0.15) is 9.78 Å². The van der Waals surface area contributed by atoms with Crippen molar-refractivity contribution in [1.82, 2.24) is 9.78 Å². The number of rotatable bonds is 1. The second-order valence-corrected chi connectivity index (χ2v) is 6.45. The lowest BCUT2D eigenvalue weighted by Crippen LogP contribution is -2.25. The normalized spacial score (nSPS) is 20.5. The summed E-state index contributed by atoms with van der Waals surface area (Å²) >= 11 is 0. The van der Waals surface area contributed by atoms with Crippen LogP contribution in [0, 0.1) is 6.92 Å². The molecule has 22 heavy (non-hydrogen) atoms. The zero-order valence-electron chi connectivity index (χ0n) is 12.9. The minimum absolute atomic E-state index is 0.00588. The largest absolute Gasteiger partial charge is 0.466 e. The van der Waals surface area contributed by atoms with Gasteiger partial charge in [-0.15, -0.1) is 0 Å². The maximum Gasteiger partial charge on any atom is 0.256 e. The molecule has 0 bridgehead atoms. The average Bonchev–Trinajstić information content (AvgIpc) is 3.06. The molecule has 2 aliphatic rings. The number of nitrogens with zero attached hydrogens (tertiary/aromatic N) is 2. The first kappa shape index (κ1) is 13.6. The number of hydrogen-bond acceptors (Lipinski definition) is 4. The Morgan fingerprint density at radius 1 is 1.32 bits per heavy atom. The molecule has 116 valence electrons. The minimum atomic E-state index is -0.176. The molecule has 0 spiro atoms. The molecule has 0 aliphatic heterocycles. The van der Waals surface area contributed by atoms with Gasteiger partial charge in [-0.1, -0.05) is 0 Å². The van der Waals surface area contributed by atoms with Crippen LogP contribution in [0.25, 0.3) is 0 Å². The molecule has 5 nitrogen and oxygen atoms in total. The Morgan fingerprint density at radius 2 is 2.14 bits per heavy atom. The smallest absolute Gasteiger partial charge is 0.256 e. The number of hydrogen-bond donors (Lipinski definition) is 1. The lowest BCUT2D eigenvalue weighted by molar-refractivity contribution is 0.0852. The summed E-state index contributed by atoms with van der Waals surface area (Å²) in [6.45, 7) is 1.93. The third-order valence-electron chi connectivity index (χ3n) is 4.94. The van der Waals surface area contributed by atoms with Crippen molar-refractivity contribution in [2.75, 3.05) is 5.73 Å². The van der Waals surface area contributed by atoms with E-state index in [0.29, 0.717) is 5.82 Å². The number of aryl methyl sites for hydroxylation is 3. The number of furan rings is 1. The third kappa shape index (κ3) is 1.99. The molecule has 0 amide bonds. The zero-order chi connectivity index (χ0) is 15.3. The Morgan fingerprint density at radius 3 is 2.95 bits per heavy atom. The number of carbonyl (C=O) groups is 1. The van der Waals surface area contributed by atoms with Crippen molar-refractivity contribution < 1.29 is 9.21 Å². The Balaban J connectivity index is 1.72. The van der Waals surface area contributed by atoms with Crippen LogP contribution in [0.1, 0.15) is 64.7 Å². The van der Waals surface area contributed by atoms with Gasteiger partial charge in [0.1, 0.15) is 17.3 Å². The molecule has 0 radical (unpaired) electrons. The maximum atomic E-state index is 13.0. The first-order valence-electron chi connectivity index (χ1n) is 8.15. The van der Waals surface area contributed by atoms with Gasteiger partial charge in [-0.05, 0) is 51.5 Å². The molecule has 2 aliphatic carbocycles. The Bertz CT molecular complexity index is 741. The molecule has 2 aromatic heterocycles. The highest BCUT2D eigenvalue weighted by atomic mass is 16.3. The Hall–Kier alpha value is -2.04. The summed E-state index contributed by atoms with van der Waals surface area (Å²) in [4.78, 5) is 13.0. The van der Waals surface area contributed by atoms with Crippen LogP contribution in [-0.4, -0.2) is 15.7 Å². The topological polar surface area (TPSA) is 74.0 Å². The molecule has 5 heteroatoms. The average molecular weight is 299 g/mol. The predicted octanol–water partition coefficient (Wildman–Crippen LogP) is 3.01. The third-order valence-corrected chi connectivity index (χ3v) is 4.94. The number of nitrogen functional groups attached to an aromatic ring is 1.